The van der Waals surface area contributed by atoms with Gasteiger partial charge in [0.05, 0.1) is 5.56 Å². The van der Waals surface area contributed by atoms with Crippen molar-refractivity contribution in [2.24, 2.45) is 0 Å². The molecule has 2 aromatic rings. The second kappa shape index (κ2) is 8.24. The Hall–Kier alpha value is -1.52. The quantitative estimate of drug-likeness (QED) is 0.502. The Morgan fingerprint density at radius 3 is 2.52 bits per heavy atom. The largest absolute Gasteiger partial charge is 0.352 e. The number of aryl methyl sites for hydroxylation is 1. The molecule has 0 bridgehead atoms. The number of amides is 1. The van der Waals surface area contributed by atoms with Crippen LogP contribution in [-0.2, 0) is 12.8 Å². The van der Waals surface area contributed by atoms with Crippen LogP contribution in [0, 0.1) is 17.1 Å². The summed E-state index contributed by atoms with van der Waals surface area (Å²) in [6.07, 6.45) is 2.79. The summed E-state index contributed by atoms with van der Waals surface area (Å²) in [5, 5.41) is 15.7. The summed E-state index contributed by atoms with van der Waals surface area (Å²) in [5.41, 5.74) is 1.79. The Bertz CT molecular complexity index is 887. The van der Waals surface area contributed by atoms with E-state index in [1.165, 1.54) is 35.6 Å². The highest BCUT2D eigenvalue weighted by Crippen LogP contribution is 2.40. The minimum Gasteiger partial charge on any atom is -0.352 e. The molecular weight excluding hydrogens is 432 g/mol. The molecule has 0 saturated heterocycles. The number of alkyl halides is 3. The van der Waals surface area contributed by atoms with Gasteiger partial charge in [0.2, 0.25) is 3.79 Å². The number of rotatable bonds is 4. The van der Waals surface area contributed by atoms with E-state index in [9.17, 15) is 14.4 Å². The van der Waals surface area contributed by atoms with Gasteiger partial charge in [-0.15, -0.1) is 11.3 Å². The first-order chi connectivity index (χ1) is 12.8. The Labute approximate surface area is 175 Å². The molecule has 1 amide bonds. The fourth-order valence-electron chi connectivity index (χ4n) is 2.93. The molecule has 0 radical (unpaired) electrons. The second-order valence-electron chi connectivity index (χ2n) is 6.13. The van der Waals surface area contributed by atoms with E-state index in [1.54, 1.807) is 0 Å². The summed E-state index contributed by atoms with van der Waals surface area (Å²) in [4.78, 5) is 13.6. The van der Waals surface area contributed by atoms with Crippen LogP contribution in [0.1, 0.15) is 39.2 Å². The summed E-state index contributed by atoms with van der Waals surface area (Å²) in [6, 6.07) is 7.24. The van der Waals surface area contributed by atoms with Gasteiger partial charge in [-0.1, -0.05) is 34.8 Å². The number of nitriles is 1. The summed E-state index contributed by atoms with van der Waals surface area (Å²) < 4.78 is 11.2. The Morgan fingerprint density at radius 1 is 1.22 bits per heavy atom. The van der Waals surface area contributed by atoms with E-state index in [2.05, 4.69) is 16.7 Å². The number of fused-ring (bicyclic) bond motifs is 1. The predicted octanol–water partition coefficient (Wildman–Crippen LogP) is 5.18. The van der Waals surface area contributed by atoms with Crippen LogP contribution in [0.15, 0.2) is 24.3 Å². The van der Waals surface area contributed by atoms with Gasteiger partial charge in [0.25, 0.3) is 5.91 Å². The number of hydrogen-bond donors (Lipinski definition) is 2. The maximum atomic E-state index is 13.0. The molecule has 0 aliphatic heterocycles. The first kappa shape index (κ1) is 20.2. The number of nitrogens with one attached hydrogen (secondary N) is 2. The monoisotopic (exact) mass is 445 g/mol. The van der Waals surface area contributed by atoms with E-state index in [-0.39, 0.29) is 5.56 Å². The van der Waals surface area contributed by atoms with Crippen LogP contribution in [0.2, 0.25) is 0 Å². The van der Waals surface area contributed by atoms with Gasteiger partial charge >= 0.3 is 0 Å². The van der Waals surface area contributed by atoms with Gasteiger partial charge in [0, 0.05) is 10.4 Å². The van der Waals surface area contributed by atoms with E-state index >= 15 is 0 Å². The lowest BCUT2D eigenvalue weighted by atomic mass is 9.96. The van der Waals surface area contributed by atoms with Gasteiger partial charge in [-0.05, 0) is 55.5 Å². The number of carbonyl (C=O) groups excluding carboxylic acids is 1. The van der Waals surface area contributed by atoms with Gasteiger partial charge in [0.1, 0.15) is 23.1 Å². The Kier molecular flexibility index (Phi) is 6.17. The lowest BCUT2D eigenvalue weighted by Gasteiger charge is -2.27. The fourth-order valence-corrected chi connectivity index (χ4v) is 4.53. The molecule has 27 heavy (non-hydrogen) atoms. The lowest BCUT2D eigenvalue weighted by Crippen LogP contribution is -2.49. The van der Waals surface area contributed by atoms with Gasteiger partial charge in [0.15, 0.2) is 0 Å². The molecule has 2 N–H and O–H groups in total. The van der Waals surface area contributed by atoms with Crippen molar-refractivity contribution in [3.05, 3.63) is 51.7 Å². The standard InChI is InChI=1S/C18H15Cl3FN3OS/c19-18(20,21)17(24-15(26)10-5-7-11(22)8-6-10)25-16-13(9-23)12-3-1-2-4-14(12)27-16/h5-8,17,25H,1-4H2,(H,24,26). The average Bonchev–Trinajstić information content (AvgIpc) is 2.98. The third kappa shape index (κ3) is 4.67. The van der Waals surface area contributed by atoms with Crippen LogP contribution in [-0.4, -0.2) is 15.9 Å². The average molecular weight is 447 g/mol. The molecule has 142 valence electrons. The minimum atomic E-state index is -1.87. The van der Waals surface area contributed by atoms with Crippen LogP contribution in [0.5, 0.6) is 0 Å². The molecule has 0 saturated carbocycles. The number of thiophene rings is 1. The highest BCUT2D eigenvalue weighted by atomic mass is 35.6. The molecule has 1 aliphatic carbocycles. The molecule has 3 rings (SSSR count). The lowest BCUT2D eigenvalue weighted by molar-refractivity contribution is 0.0942. The summed E-state index contributed by atoms with van der Waals surface area (Å²) in [5.74, 6) is -0.982. The summed E-state index contributed by atoms with van der Waals surface area (Å²) in [7, 11) is 0. The number of carbonyl (C=O) groups is 1. The zero-order chi connectivity index (χ0) is 19.6. The van der Waals surface area contributed by atoms with E-state index in [0.717, 1.165) is 36.1 Å². The zero-order valence-corrected chi connectivity index (χ0v) is 17.1. The number of benzene rings is 1. The van der Waals surface area contributed by atoms with Crippen LogP contribution >= 0.6 is 46.1 Å². The summed E-state index contributed by atoms with van der Waals surface area (Å²) >= 11 is 19.6. The predicted molar refractivity (Wildman–Crippen MR) is 107 cm³/mol. The van der Waals surface area contributed by atoms with Crippen molar-refractivity contribution in [1.82, 2.24) is 5.32 Å². The maximum absolute atomic E-state index is 13.0. The van der Waals surface area contributed by atoms with Crippen molar-refractivity contribution < 1.29 is 9.18 Å². The van der Waals surface area contributed by atoms with Crippen molar-refractivity contribution in [2.75, 3.05) is 5.32 Å². The van der Waals surface area contributed by atoms with Crippen LogP contribution in [0.25, 0.3) is 0 Å². The van der Waals surface area contributed by atoms with Crippen molar-refractivity contribution in [3.8, 4) is 6.07 Å². The van der Waals surface area contributed by atoms with Crippen molar-refractivity contribution in [1.29, 1.82) is 5.26 Å². The molecule has 4 nitrogen and oxygen atoms in total. The van der Waals surface area contributed by atoms with Crippen molar-refractivity contribution >= 4 is 57.0 Å². The van der Waals surface area contributed by atoms with Crippen molar-refractivity contribution in [2.45, 2.75) is 35.6 Å². The van der Waals surface area contributed by atoms with E-state index in [4.69, 9.17) is 34.8 Å². The second-order valence-corrected chi connectivity index (χ2v) is 9.60. The molecule has 0 fully saturated rings. The van der Waals surface area contributed by atoms with Gasteiger partial charge < -0.3 is 10.6 Å². The molecule has 1 unspecified atom stereocenters. The van der Waals surface area contributed by atoms with Crippen LogP contribution < -0.4 is 10.6 Å². The SMILES string of the molecule is N#Cc1c(NC(NC(=O)c2ccc(F)cc2)C(Cl)(Cl)Cl)sc2c1CCCC2. The molecule has 1 aromatic heterocycles. The molecule has 1 aliphatic rings. The molecular formula is C18H15Cl3FN3OS. The molecule has 9 heteroatoms. The Morgan fingerprint density at radius 2 is 1.89 bits per heavy atom. The fraction of sp³-hybridized carbons (Fsp3) is 0.333. The number of anilines is 1. The van der Waals surface area contributed by atoms with Gasteiger partial charge in [-0.3, -0.25) is 4.79 Å². The Balaban J connectivity index is 1.84. The highest BCUT2D eigenvalue weighted by Gasteiger charge is 2.36. The molecule has 0 spiro atoms. The first-order valence-electron chi connectivity index (χ1n) is 8.24. The smallest absolute Gasteiger partial charge is 0.252 e. The molecule has 1 aromatic carbocycles. The number of halogens is 4. The van der Waals surface area contributed by atoms with E-state index in [0.29, 0.717) is 10.6 Å². The van der Waals surface area contributed by atoms with Crippen LogP contribution in [0.4, 0.5) is 9.39 Å². The van der Waals surface area contributed by atoms with E-state index in [1.807, 2.05) is 0 Å². The molecule has 1 heterocycles. The zero-order valence-electron chi connectivity index (χ0n) is 14.0. The minimum absolute atomic E-state index is 0.225. The normalized spacial score (nSPS) is 14.8. The van der Waals surface area contributed by atoms with Crippen molar-refractivity contribution in [3.63, 3.8) is 0 Å². The maximum Gasteiger partial charge on any atom is 0.252 e. The summed E-state index contributed by atoms with van der Waals surface area (Å²) in [6.45, 7) is 0. The number of hydrogen-bond acceptors (Lipinski definition) is 4. The van der Waals surface area contributed by atoms with Gasteiger partial charge in [-0.2, -0.15) is 5.26 Å². The van der Waals surface area contributed by atoms with Crippen LogP contribution in [0.3, 0.4) is 0 Å². The van der Waals surface area contributed by atoms with Gasteiger partial charge in [-0.25, -0.2) is 4.39 Å². The first-order valence-corrected chi connectivity index (χ1v) is 10.2. The highest BCUT2D eigenvalue weighted by molar-refractivity contribution is 7.16. The topological polar surface area (TPSA) is 64.9 Å². The number of nitrogens with zero attached hydrogens (tertiary/aromatic N) is 1. The molecule has 1 atom stereocenters. The third-order valence-corrected chi connectivity index (χ3v) is 6.15. The third-order valence-electron chi connectivity index (χ3n) is 4.27. The van der Waals surface area contributed by atoms with E-state index < -0.39 is 21.7 Å².